The maximum absolute atomic E-state index is 5.89. The van der Waals surface area contributed by atoms with Crippen molar-refractivity contribution in [1.29, 1.82) is 0 Å². The van der Waals surface area contributed by atoms with Gasteiger partial charge in [0.15, 0.2) is 4.77 Å². The summed E-state index contributed by atoms with van der Waals surface area (Å²) in [7, 11) is 0. The van der Waals surface area contributed by atoms with Gasteiger partial charge in [0, 0.05) is 18.6 Å². The van der Waals surface area contributed by atoms with Gasteiger partial charge in [-0.1, -0.05) is 6.07 Å². The number of fused-ring (bicyclic) bond motifs is 1. The molecule has 0 aliphatic carbocycles. The molecule has 21 heavy (non-hydrogen) atoms. The number of para-hydroxylation sites is 1. The first kappa shape index (κ1) is 14.6. The standard InChI is InChI=1S/C16H22N2O2S/c1-10(2)20-14-6-4-5-13-15(14)17-16(21)18(13)11(3)12-7-8-19-9-12/h4-6,10-12H,7-9H2,1-3H3,(H,17,21). The van der Waals surface area contributed by atoms with Crippen molar-refractivity contribution in [3.63, 3.8) is 0 Å². The second-order valence-corrected chi connectivity index (χ2v) is 6.37. The maximum atomic E-state index is 5.89. The van der Waals surface area contributed by atoms with E-state index < -0.39 is 0 Å². The van der Waals surface area contributed by atoms with Crippen molar-refractivity contribution in [3.05, 3.63) is 23.0 Å². The lowest BCUT2D eigenvalue weighted by atomic mass is 10.0. The Balaban J connectivity index is 2.07. The van der Waals surface area contributed by atoms with Crippen LogP contribution in [-0.4, -0.2) is 28.9 Å². The van der Waals surface area contributed by atoms with Gasteiger partial charge >= 0.3 is 0 Å². The van der Waals surface area contributed by atoms with Gasteiger partial charge in [-0.25, -0.2) is 0 Å². The lowest BCUT2D eigenvalue weighted by Gasteiger charge is -2.20. The van der Waals surface area contributed by atoms with E-state index in [0.29, 0.717) is 12.0 Å². The number of nitrogens with one attached hydrogen (secondary N) is 1. The van der Waals surface area contributed by atoms with Crippen LogP contribution in [0.4, 0.5) is 0 Å². The average Bonchev–Trinajstić information content (AvgIpc) is 3.05. The van der Waals surface area contributed by atoms with E-state index in [1.807, 2.05) is 26.0 Å². The Kier molecular flexibility index (Phi) is 4.04. The molecule has 4 nitrogen and oxygen atoms in total. The number of H-pyrrole nitrogens is 1. The molecule has 1 aliphatic heterocycles. The fraction of sp³-hybridized carbons (Fsp3) is 0.562. The molecule has 1 aromatic heterocycles. The molecule has 1 N–H and O–H groups in total. The van der Waals surface area contributed by atoms with Gasteiger partial charge in [0.2, 0.25) is 0 Å². The first-order valence-electron chi connectivity index (χ1n) is 7.55. The quantitative estimate of drug-likeness (QED) is 0.865. The first-order valence-corrected chi connectivity index (χ1v) is 7.96. The molecule has 2 atom stereocenters. The molecule has 1 saturated heterocycles. The number of ether oxygens (including phenoxy) is 2. The van der Waals surface area contributed by atoms with Crippen LogP contribution in [-0.2, 0) is 4.74 Å². The number of aromatic amines is 1. The Bertz CT molecular complexity index is 683. The summed E-state index contributed by atoms with van der Waals surface area (Å²) in [5.41, 5.74) is 2.10. The molecule has 0 spiro atoms. The Morgan fingerprint density at radius 2 is 2.19 bits per heavy atom. The van der Waals surface area contributed by atoms with Gasteiger partial charge in [-0.05, 0) is 51.5 Å². The molecule has 1 aliphatic rings. The summed E-state index contributed by atoms with van der Waals surface area (Å²) in [5.74, 6) is 1.38. The molecular weight excluding hydrogens is 284 g/mol. The predicted molar refractivity (Wildman–Crippen MR) is 86.5 cm³/mol. The summed E-state index contributed by atoms with van der Waals surface area (Å²) in [6.07, 6.45) is 1.24. The summed E-state index contributed by atoms with van der Waals surface area (Å²) in [4.78, 5) is 3.32. The van der Waals surface area contributed by atoms with E-state index in [2.05, 4.69) is 22.5 Å². The zero-order chi connectivity index (χ0) is 15.0. The highest BCUT2D eigenvalue weighted by Crippen LogP contribution is 2.32. The normalized spacial score (nSPS) is 20.3. The molecule has 1 aromatic carbocycles. The van der Waals surface area contributed by atoms with Crippen LogP contribution in [0.5, 0.6) is 5.75 Å². The van der Waals surface area contributed by atoms with Crippen LogP contribution in [0.2, 0.25) is 0 Å². The number of hydrogen-bond donors (Lipinski definition) is 1. The molecule has 114 valence electrons. The van der Waals surface area contributed by atoms with Crippen LogP contribution in [0.15, 0.2) is 18.2 Å². The fourth-order valence-corrected chi connectivity index (χ4v) is 3.39. The van der Waals surface area contributed by atoms with Crippen LogP contribution in [0.3, 0.4) is 0 Å². The summed E-state index contributed by atoms with van der Waals surface area (Å²) in [6.45, 7) is 7.95. The minimum Gasteiger partial charge on any atom is -0.489 e. The van der Waals surface area contributed by atoms with E-state index in [1.165, 1.54) is 0 Å². The highest BCUT2D eigenvalue weighted by molar-refractivity contribution is 7.71. The van der Waals surface area contributed by atoms with Gasteiger partial charge in [0.25, 0.3) is 0 Å². The lowest BCUT2D eigenvalue weighted by molar-refractivity contribution is 0.175. The maximum Gasteiger partial charge on any atom is 0.178 e. The van der Waals surface area contributed by atoms with Crippen molar-refractivity contribution in [2.75, 3.05) is 13.2 Å². The molecule has 0 saturated carbocycles. The zero-order valence-electron chi connectivity index (χ0n) is 12.8. The van der Waals surface area contributed by atoms with Crippen molar-refractivity contribution in [1.82, 2.24) is 9.55 Å². The molecule has 0 radical (unpaired) electrons. The molecule has 1 fully saturated rings. The minimum atomic E-state index is 0.140. The molecule has 2 unspecified atom stereocenters. The fourth-order valence-electron chi connectivity index (χ4n) is 3.02. The summed E-state index contributed by atoms with van der Waals surface area (Å²) in [5, 5.41) is 0. The van der Waals surface area contributed by atoms with Crippen LogP contribution in [0, 0.1) is 10.7 Å². The highest BCUT2D eigenvalue weighted by atomic mass is 32.1. The molecular formula is C16H22N2O2S. The molecule has 5 heteroatoms. The van der Waals surface area contributed by atoms with Crippen LogP contribution >= 0.6 is 12.2 Å². The van der Waals surface area contributed by atoms with Crippen LogP contribution in [0.1, 0.15) is 33.2 Å². The number of rotatable bonds is 4. The van der Waals surface area contributed by atoms with Gasteiger partial charge < -0.3 is 19.0 Å². The minimum absolute atomic E-state index is 0.140. The van der Waals surface area contributed by atoms with Gasteiger partial charge in [-0.3, -0.25) is 0 Å². The highest BCUT2D eigenvalue weighted by Gasteiger charge is 2.25. The van der Waals surface area contributed by atoms with Gasteiger partial charge in [0.1, 0.15) is 11.3 Å². The summed E-state index contributed by atoms with van der Waals surface area (Å²) < 4.78 is 14.4. The third-order valence-corrected chi connectivity index (χ3v) is 4.43. The Labute approximate surface area is 130 Å². The van der Waals surface area contributed by atoms with Gasteiger partial charge in [-0.15, -0.1) is 0 Å². The van der Waals surface area contributed by atoms with E-state index in [4.69, 9.17) is 21.7 Å². The molecule has 3 rings (SSSR count). The van der Waals surface area contributed by atoms with Crippen molar-refractivity contribution in [2.45, 2.75) is 39.3 Å². The second kappa shape index (κ2) is 5.81. The number of aromatic nitrogens is 2. The van der Waals surface area contributed by atoms with Crippen molar-refractivity contribution in [3.8, 4) is 5.75 Å². The summed E-state index contributed by atoms with van der Waals surface area (Å²) >= 11 is 5.55. The first-order chi connectivity index (χ1) is 10.1. The van der Waals surface area contributed by atoms with Crippen LogP contribution in [0.25, 0.3) is 11.0 Å². The third kappa shape index (κ3) is 2.72. The van der Waals surface area contributed by atoms with Gasteiger partial charge in [-0.2, -0.15) is 0 Å². The van der Waals surface area contributed by atoms with Crippen molar-refractivity contribution in [2.24, 2.45) is 5.92 Å². The second-order valence-electron chi connectivity index (χ2n) is 5.98. The average molecular weight is 306 g/mol. The monoisotopic (exact) mass is 306 g/mol. The van der Waals surface area contributed by atoms with Crippen molar-refractivity contribution < 1.29 is 9.47 Å². The van der Waals surface area contributed by atoms with E-state index in [0.717, 1.165) is 41.2 Å². The molecule has 2 aromatic rings. The summed E-state index contributed by atoms with van der Waals surface area (Å²) in [6, 6.07) is 6.43. The van der Waals surface area contributed by atoms with Crippen LogP contribution < -0.4 is 4.74 Å². The van der Waals surface area contributed by atoms with E-state index in [9.17, 15) is 0 Å². The van der Waals surface area contributed by atoms with E-state index >= 15 is 0 Å². The topological polar surface area (TPSA) is 39.2 Å². The van der Waals surface area contributed by atoms with Crippen molar-refractivity contribution >= 4 is 23.3 Å². The zero-order valence-corrected chi connectivity index (χ0v) is 13.6. The Morgan fingerprint density at radius 3 is 2.86 bits per heavy atom. The van der Waals surface area contributed by atoms with E-state index in [-0.39, 0.29) is 6.10 Å². The molecule has 0 bridgehead atoms. The molecule has 0 amide bonds. The number of imidazole rings is 1. The predicted octanol–water partition coefficient (Wildman–Crippen LogP) is 4.08. The Hall–Kier alpha value is -1.33. The largest absolute Gasteiger partial charge is 0.489 e. The Morgan fingerprint density at radius 1 is 1.38 bits per heavy atom. The number of benzene rings is 1. The van der Waals surface area contributed by atoms with Gasteiger partial charge in [0.05, 0.1) is 18.2 Å². The third-order valence-electron chi connectivity index (χ3n) is 4.13. The lowest BCUT2D eigenvalue weighted by Crippen LogP contribution is -2.16. The number of hydrogen-bond acceptors (Lipinski definition) is 3. The van der Waals surface area contributed by atoms with E-state index in [1.54, 1.807) is 0 Å². The SMILES string of the molecule is CC(C)Oc1cccc2c1[nH]c(=S)n2C(C)C1CCOC1. The smallest absolute Gasteiger partial charge is 0.178 e. The number of nitrogens with zero attached hydrogens (tertiary/aromatic N) is 1. The molecule has 2 heterocycles.